The Labute approximate surface area is 177 Å². The fraction of sp³-hybridized carbons (Fsp3) is 0.250. The summed E-state index contributed by atoms with van der Waals surface area (Å²) in [6.45, 7) is 4.52. The molecule has 0 unspecified atom stereocenters. The number of hydrogen-bond acceptors (Lipinski definition) is 8. The summed E-state index contributed by atoms with van der Waals surface area (Å²) in [5.74, 6) is 1.46. The van der Waals surface area contributed by atoms with Crippen LogP contribution in [0.1, 0.15) is 16.1 Å². The van der Waals surface area contributed by atoms with E-state index in [0.29, 0.717) is 37.6 Å². The Morgan fingerprint density at radius 1 is 0.935 bits per heavy atom. The largest absolute Gasteiger partial charge is 0.352 e. The molecule has 1 aromatic carbocycles. The number of rotatable bonds is 4. The Balaban J connectivity index is 1.23. The van der Waals surface area contributed by atoms with Gasteiger partial charge in [0, 0.05) is 37.9 Å². The van der Waals surface area contributed by atoms with Crippen LogP contribution < -0.4 is 4.90 Å². The summed E-state index contributed by atoms with van der Waals surface area (Å²) in [5, 5.41) is 24.1. The number of hydrogen-bond donors (Lipinski definition) is 0. The number of aromatic nitrogens is 8. The van der Waals surface area contributed by atoms with Crippen LogP contribution in [0.25, 0.3) is 11.5 Å². The Morgan fingerprint density at radius 3 is 2.42 bits per heavy atom. The molecule has 0 aliphatic carbocycles. The van der Waals surface area contributed by atoms with Gasteiger partial charge < -0.3 is 9.80 Å². The molecule has 1 fully saturated rings. The minimum Gasteiger partial charge on any atom is -0.352 e. The number of aryl methyl sites for hydroxylation is 1. The third-order valence-corrected chi connectivity index (χ3v) is 5.19. The van der Waals surface area contributed by atoms with Crippen LogP contribution in [0.4, 0.5) is 5.82 Å². The van der Waals surface area contributed by atoms with Gasteiger partial charge in [-0.05, 0) is 53.7 Å². The molecule has 1 aliphatic rings. The minimum absolute atomic E-state index is 0.00921. The molecule has 1 amide bonds. The van der Waals surface area contributed by atoms with Gasteiger partial charge in [-0.15, -0.1) is 15.3 Å². The molecular formula is C20H20N10O. The molecule has 3 aromatic heterocycles. The van der Waals surface area contributed by atoms with Crippen molar-refractivity contribution >= 4 is 11.7 Å². The van der Waals surface area contributed by atoms with E-state index in [2.05, 4.69) is 35.7 Å². The molecule has 1 aliphatic heterocycles. The summed E-state index contributed by atoms with van der Waals surface area (Å²) >= 11 is 0. The van der Waals surface area contributed by atoms with Gasteiger partial charge in [0.25, 0.3) is 5.91 Å². The van der Waals surface area contributed by atoms with E-state index in [0.717, 1.165) is 17.2 Å². The van der Waals surface area contributed by atoms with Crippen LogP contribution >= 0.6 is 0 Å². The average Bonchev–Trinajstić information content (AvgIpc) is 3.51. The van der Waals surface area contributed by atoms with Gasteiger partial charge in [-0.25, -0.2) is 9.36 Å². The Bertz CT molecular complexity index is 1180. The number of benzene rings is 1. The third-order valence-electron chi connectivity index (χ3n) is 5.19. The maximum absolute atomic E-state index is 13.0. The number of piperazine rings is 1. The van der Waals surface area contributed by atoms with Gasteiger partial charge in [-0.2, -0.15) is 5.10 Å². The zero-order chi connectivity index (χ0) is 21.2. The summed E-state index contributed by atoms with van der Waals surface area (Å²) < 4.78 is 3.23. The van der Waals surface area contributed by atoms with Gasteiger partial charge in [0.2, 0.25) is 0 Å². The normalized spacial score (nSPS) is 14.1. The number of carbonyl (C=O) groups is 1. The maximum Gasteiger partial charge on any atom is 0.254 e. The van der Waals surface area contributed by atoms with E-state index in [4.69, 9.17) is 0 Å². The summed E-state index contributed by atoms with van der Waals surface area (Å²) in [4.78, 5) is 17.0. The van der Waals surface area contributed by atoms with Crippen molar-refractivity contribution in [1.29, 1.82) is 0 Å². The Hall–Kier alpha value is -4.15. The monoisotopic (exact) mass is 416 g/mol. The second-order valence-electron chi connectivity index (χ2n) is 7.24. The van der Waals surface area contributed by atoms with Crippen molar-refractivity contribution in [3.8, 4) is 11.5 Å². The fourth-order valence-corrected chi connectivity index (χ4v) is 3.53. The highest BCUT2D eigenvalue weighted by Crippen LogP contribution is 2.17. The van der Waals surface area contributed by atoms with E-state index in [-0.39, 0.29) is 5.91 Å². The fourth-order valence-electron chi connectivity index (χ4n) is 3.53. The van der Waals surface area contributed by atoms with Crippen LogP contribution in [0, 0.1) is 6.92 Å². The van der Waals surface area contributed by atoms with E-state index < -0.39 is 0 Å². The van der Waals surface area contributed by atoms with Gasteiger partial charge in [0.1, 0.15) is 6.33 Å². The lowest BCUT2D eigenvalue weighted by Gasteiger charge is -2.35. The zero-order valence-electron chi connectivity index (χ0n) is 16.9. The highest BCUT2D eigenvalue weighted by atomic mass is 16.2. The van der Waals surface area contributed by atoms with Crippen LogP contribution in [0.3, 0.4) is 0 Å². The van der Waals surface area contributed by atoms with Crippen LogP contribution in [0.15, 0.2) is 55.0 Å². The van der Waals surface area contributed by atoms with Crippen molar-refractivity contribution in [2.45, 2.75) is 6.92 Å². The molecule has 1 saturated heterocycles. The maximum atomic E-state index is 13.0. The van der Waals surface area contributed by atoms with Crippen molar-refractivity contribution in [1.82, 2.24) is 45.1 Å². The van der Waals surface area contributed by atoms with Gasteiger partial charge >= 0.3 is 0 Å². The Kier molecular flexibility index (Phi) is 4.83. The van der Waals surface area contributed by atoms with E-state index >= 15 is 0 Å². The first kappa shape index (κ1) is 18.9. The van der Waals surface area contributed by atoms with Crippen molar-refractivity contribution in [2.75, 3.05) is 31.1 Å². The lowest BCUT2D eigenvalue weighted by molar-refractivity contribution is 0.0746. The van der Waals surface area contributed by atoms with Crippen molar-refractivity contribution < 1.29 is 4.79 Å². The summed E-state index contributed by atoms with van der Waals surface area (Å²) in [6, 6.07) is 13.1. The number of carbonyl (C=O) groups excluding carboxylic acids is 1. The SMILES string of the molecule is Cc1ccn(-c2ccc(N3CCN(C(=O)c4cccc(-n5cnnn5)c4)CC3)nn2)n1. The van der Waals surface area contributed by atoms with Crippen LogP contribution in [0.2, 0.25) is 0 Å². The molecule has 0 spiro atoms. The number of amides is 1. The lowest BCUT2D eigenvalue weighted by Crippen LogP contribution is -2.49. The number of tetrazole rings is 1. The van der Waals surface area contributed by atoms with Crippen LogP contribution in [0.5, 0.6) is 0 Å². The first-order valence-electron chi connectivity index (χ1n) is 9.91. The lowest BCUT2D eigenvalue weighted by atomic mass is 10.1. The molecule has 11 heteroatoms. The van der Waals surface area contributed by atoms with Crippen LogP contribution in [-0.4, -0.2) is 77.2 Å². The van der Waals surface area contributed by atoms with Gasteiger partial charge in [0.05, 0.1) is 11.4 Å². The van der Waals surface area contributed by atoms with E-state index in [1.807, 2.05) is 54.4 Å². The van der Waals surface area contributed by atoms with Crippen molar-refractivity contribution in [2.24, 2.45) is 0 Å². The van der Waals surface area contributed by atoms with E-state index in [1.165, 1.54) is 11.0 Å². The standard InChI is InChI=1S/C20H20N10O/c1-15-7-8-29(24-15)19-6-5-18(22-23-19)27-9-11-28(12-10-27)20(31)16-3-2-4-17(13-16)30-14-21-25-26-30/h2-8,13-14H,9-12H2,1H3. The predicted octanol–water partition coefficient (Wildman–Crippen LogP) is 0.909. The summed E-state index contributed by atoms with van der Waals surface area (Å²) in [6.07, 6.45) is 3.36. The van der Waals surface area contributed by atoms with Crippen LogP contribution in [-0.2, 0) is 0 Å². The van der Waals surface area contributed by atoms with Gasteiger partial charge in [-0.1, -0.05) is 6.07 Å². The van der Waals surface area contributed by atoms with Crippen molar-refractivity contribution in [3.05, 3.63) is 66.2 Å². The number of anilines is 1. The summed E-state index contributed by atoms with van der Waals surface area (Å²) in [7, 11) is 0. The zero-order valence-corrected chi connectivity index (χ0v) is 16.9. The first-order chi connectivity index (χ1) is 15.2. The molecule has 4 aromatic rings. The first-order valence-corrected chi connectivity index (χ1v) is 9.91. The third kappa shape index (κ3) is 3.84. The van der Waals surface area contributed by atoms with Gasteiger partial charge in [-0.3, -0.25) is 4.79 Å². The molecule has 156 valence electrons. The number of nitrogens with zero attached hydrogens (tertiary/aromatic N) is 10. The molecule has 0 N–H and O–H groups in total. The molecule has 0 saturated carbocycles. The summed E-state index contributed by atoms with van der Waals surface area (Å²) in [5.41, 5.74) is 2.28. The molecule has 0 bridgehead atoms. The molecular weight excluding hydrogens is 396 g/mol. The van der Waals surface area contributed by atoms with Gasteiger partial charge in [0.15, 0.2) is 11.6 Å². The Morgan fingerprint density at radius 2 is 1.74 bits per heavy atom. The van der Waals surface area contributed by atoms with E-state index in [1.54, 1.807) is 10.7 Å². The van der Waals surface area contributed by atoms with Crippen molar-refractivity contribution in [3.63, 3.8) is 0 Å². The molecule has 5 rings (SSSR count). The highest BCUT2D eigenvalue weighted by molar-refractivity contribution is 5.95. The highest BCUT2D eigenvalue weighted by Gasteiger charge is 2.23. The topological polar surface area (TPSA) is 111 Å². The molecule has 4 heterocycles. The molecule has 0 atom stereocenters. The average molecular weight is 416 g/mol. The molecule has 0 radical (unpaired) electrons. The smallest absolute Gasteiger partial charge is 0.254 e. The molecule has 11 nitrogen and oxygen atoms in total. The second kappa shape index (κ2) is 7.94. The minimum atomic E-state index is -0.00921. The van der Waals surface area contributed by atoms with E-state index in [9.17, 15) is 4.79 Å². The second-order valence-corrected chi connectivity index (χ2v) is 7.24. The predicted molar refractivity (Wildman–Crippen MR) is 111 cm³/mol. The quantitative estimate of drug-likeness (QED) is 0.483. The molecule has 31 heavy (non-hydrogen) atoms.